The van der Waals surface area contributed by atoms with Gasteiger partial charge in [0.1, 0.15) is 12.1 Å². The van der Waals surface area contributed by atoms with Gasteiger partial charge >= 0.3 is 5.97 Å². The second kappa shape index (κ2) is 3.99. The van der Waals surface area contributed by atoms with Crippen molar-refractivity contribution in [2.75, 3.05) is 7.11 Å². The first-order chi connectivity index (χ1) is 8.79. The minimum atomic E-state index is -0.468. The number of H-pyrrole nitrogens is 1. The topological polar surface area (TPSA) is 72.8 Å². The zero-order valence-electron chi connectivity index (χ0n) is 9.62. The number of methoxy groups -OCH3 is 1. The molecule has 3 aromatic rings. The number of rotatable bonds is 2. The molecular formula is C12H10N4O2. The fourth-order valence-electron chi connectivity index (χ4n) is 1.82. The maximum absolute atomic E-state index is 11.7. The Morgan fingerprint density at radius 3 is 3.11 bits per heavy atom. The second-order valence-electron chi connectivity index (χ2n) is 3.73. The molecule has 0 atom stereocenters. The van der Waals surface area contributed by atoms with E-state index in [1.54, 1.807) is 29.5 Å². The van der Waals surface area contributed by atoms with E-state index >= 15 is 0 Å². The summed E-state index contributed by atoms with van der Waals surface area (Å²) in [6.45, 7) is 0. The molecule has 0 amide bonds. The second-order valence-corrected chi connectivity index (χ2v) is 3.73. The van der Waals surface area contributed by atoms with E-state index in [4.69, 9.17) is 4.74 Å². The molecule has 0 aliphatic heterocycles. The average molecular weight is 242 g/mol. The largest absolute Gasteiger partial charge is 0.464 e. The summed E-state index contributed by atoms with van der Waals surface area (Å²) in [5.41, 5.74) is 0.939. The van der Waals surface area contributed by atoms with E-state index in [0.29, 0.717) is 11.3 Å². The van der Waals surface area contributed by atoms with Crippen LogP contribution >= 0.6 is 0 Å². The minimum absolute atomic E-state index is 0.267. The highest BCUT2D eigenvalue weighted by Crippen LogP contribution is 2.19. The molecule has 90 valence electrons. The van der Waals surface area contributed by atoms with Crippen LogP contribution in [-0.2, 0) is 4.74 Å². The minimum Gasteiger partial charge on any atom is -0.464 e. The Morgan fingerprint density at radius 2 is 2.39 bits per heavy atom. The average Bonchev–Trinajstić information content (AvgIpc) is 3.06. The molecule has 0 fully saturated rings. The van der Waals surface area contributed by atoms with Crippen molar-refractivity contribution >= 4 is 16.9 Å². The number of nitrogens with one attached hydrogen (secondary N) is 1. The van der Waals surface area contributed by atoms with E-state index in [1.165, 1.54) is 7.11 Å². The Morgan fingerprint density at radius 1 is 1.50 bits per heavy atom. The van der Waals surface area contributed by atoms with Crippen molar-refractivity contribution in [3.63, 3.8) is 0 Å². The third kappa shape index (κ3) is 1.55. The van der Waals surface area contributed by atoms with Crippen molar-refractivity contribution in [1.29, 1.82) is 0 Å². The van der Waals surface area contributed by atoms with E-state index in [1.807, 2.05) is 12.1 Å². The Labute approximate surface area is 102 Å². The molecule has 0 aliphatic rings. The Balaban J connectivity index is 2.26. The lowest BCUT2D eigenvalue weighted by atomic mass is 10.2. The number of aromatic amines is 1. The fourth-order valence-corrected chi connectivity index (χ4v) is 1.82. The van der Waals surface area contributed by atoms with Gasteiger partial charge < -0.3 is 9.72 Å². The van der Waals surface area contributed by atoms with Crippen LogP contribution in [0.4, 0.5) is 0 Å². The number of hydrogen-bond donors (Lipinski definition) is 1. The molecule has 6 nitrogen and oxygen atoms in total. The summed E-state index contributed by atoms with van der Waals surface area (Å²) in [7, 11) is 1.34. The molecule has 3 aromatic heterocycles. The SMILES string of the molecule is COC(=O)c1nc(-n2ccnc2)cc2cc[nH]c12. The third-order valence-corrected chi connectivity index (χ3v) is 2.67. The summed E-state index contributed by atoms with van der Waals surface area (Å²) in [6.07, 6.45) is 6.81. The summed E-state index contributed by atoms with van der Waals surface area (Å²) in [5, 5.41) is 0.897. The van der Waals surface area contributed by atoms with Gasteiger partial charge in [0, 0.05) is 24.0 Å². The third-order valence-electron chi connectivity index (χ3n) is 2.67. The number of pyridine rings is 1. The molecule has 0 aromatic carbocycles. The number of nitrogens with zero attached hydrogens (tertiary/aromatic N) is 3. The number of ether oxygens (including phenoxy) is 1. The molecule has 0 saturated heterocycles. The number of fused-ring (bicyclic) bond motifs is 1. The molecule has 0 spiro atoms. The van der Waals surface area contributed by atoms with Gasteiger partial charge in [0.2, 0.25) is 0 Å². The number of imidazole rings is 1. The van der Waals surface area contributed by atoms with Gasteiger partial charge in [-0.1, -0.05) is 0 Å². The lowest BCUT2D eigenvalue weighted by Gasteiger charge is -2.05. The maximum atomic E-state index is 11.7. The van der Waals surface area contributed by atoms with Gasteiger partial charge in [0.05, 0.1) is 12.6 Å². The number of hydrogen-bond acceptors (Lipinski definition) is 4. The van der Waals surface area contributed by atoms with Crippen LogP contribution in [0.15, 0.2) is 37.1 Å². The summed E-state index contributed by atoms with van der Waals surface area (Å²) in [4.78, 5) is 23.0. The van der Waals surface area contributed by atoms with Crippen LogP contribution in [0.2, 0.25) is 0 Å². The molecule has 3 rings (SSSR count). The van der Waals surface area contributed by atoms with Gasteiger partial charge in [-0.05, 0) is 12.1 Å². The maximum Gasteiger partial charge on any atom is 0.358 e. The van der Waals surface area contributed by atoms with Gasteiger partial charge in [-0.15, -0.1) is 0 Å². The number of carbonyl (C=O) groups excluding carboxylic acids is 1. The normalized spacial score (nSPS) is 10.7. The van der Waals surface area contributed by atoms with Gasteiger partial charge in [0.25, 0.3) is 0 Å². The van der Waals surface area contributed by atoms with E-state index in [2.05, 4.69) is 15.0 Å². The van der Waals surface area contributed by atoms with Crippen LogP contribution in [0.3, 0.4) is 0 Å². The Kier molecular flexibility index (Phi) is 2.33. The zero-order valence-corrected chi connectivity index (χ0v) is 9.62. The molecule has 1 N–H and O–H groups in total. The Hall–Kier alpha value is -2.63. The van der Waals surface area contributed by atoms with Crippen LogP contribution in [0.25, 0.3) is 16.7 Å². The molecule has 6 heteroatoms. The molecule has 0 radical (unpaired) electrons. The van der Waals surface area contributed by atoms with E-state index in [0.717, 1.165) is 5.39 Å². The molecule has 3 heterocycles. The predicted octanol–water partition coefficient (Wildman–Crippen LogP) is 1.54. The molecule has 0 bridgehead atoms. The van der Waals surface area contributed by atoms with Gasteiger partial charge in [0.15, 0.2) is 5.69 Å². The predicted molar refractivity (Wildman–Crippen MR) is 64.6 cm³/mol. The first kappa shape index (κ1) is 10.5. The van der Waals surface area contributed by atoms with Gasteiger partial charge in [-0.25, -0.2) is 14.8 Å². The van der Waals surface area contributed by atoms with Crippen LogP contribution in [0.5, 0.6) is 0 Å². The van der Waals surface area contributed by atoms with E-state index in [9.17, 15) is 4.79 Å². The quantitative estimate of drug-likeness (QED) is 0.692. The van der Waals surface area contributed by atoms with Crippen molar-refractivity contribution in [3.05, 3.63) is 42.7 Å². The smallest absolute Gasteiger partial charge is 0.358 e. The van der Waals surface area contributed by atoms with Crippen molar-refractivity contribution in [1.82, 2.24) is 19.5 Å². The van der Waals surface area contributed by atoms with Crippen LogP contribution < -0.4 is 0 Å². The van der Waals surface area contributed by atoms with Crippen molar-refractivity contribution < 1.29 is 9.53 Å². The summed E-state index contributed by atoms with van der Waals surface area (Å²) >= 11 is 0. The molecular weight excluding hydrogens is 232 g/mol. The molecule has 0 aliphatic carbocycles. The lowest BCUT2D eigenvalue weighted by molar-refractivity contribution is 0.0596. The summed E-state index contributed by atoms with van der Waals surface area (Å²) < 4.78 is 6.47. The van der Waals surface area contributed by atoms with Crippen molar-refractivity contribution in [2.45, 2.75) is 0 Å². The van der Waals surface area contributed by atoms with Gasteiger partial charge in [-0.2, -0.15) is 0 Å². The summed E-state index contributed by atoms with van der Waals surface area (Å²) in [6, 6.07) is 3.75. The van der Waals surface area contributed by atoms with Crippen LogP contribution in [0.1, 0.15) is 10.5 Å². The van der Waals surface area contributed by atoms with Gasteiger partial charge in [-0.3, -0.25) is 4.57 Å². The Bertz CT molecular complexity index is 700. The lowest BCUT2D eigenvalue weighted by Crippen LogP contribution is -2.08. The first-order valence-corrected chi connectivity index (χ1v) is 5.34. The number of aromatic nitrogens is 4. The van der Waals surface area contributed by atoms with E-state index in [-0.39, 0.29) is 5.69 Å². The fraction of sp³-hybridized carbons (Fsp3) is 0.0833. The monoisotopic (exact) mass is 242 g/mol. The van der Waals surface area contributed by atoms with E-state index < -0.39 is 5.97 Å². The highest BCUT2D eigenvalue weighted by Gasteiger charge is 2.15. The first-order valence-electron chi connectivity index (χ1n) is 5.34. The standard InChI is InChI=1S/C12H10N4O2/c1-18-12(17)11-10-8(2-3-14-10)6-9(15-11)16-5-4-13-7-16/h2-7,14H,1H3. The zero-order chi connectivity index (χ0) is 12.5. The number of esters is 1. The van der Waals surface area contributed by atoms with Crippen LogP contribution in [-0.4, -0.2) is 32.6 Å². The van der Waals surface area contributed by atoms with Crippen molar-refractivity contribution in [3.8, 4) is 5.82 Å². The molecule has 18 heavy (non-hydrogen) atoms. The van der Waals surface area contributed by atoms with Crippen LogP contribution in [0, 0.1) is 0 Å². The number of carbonyl (C=O) groups is 1. The molecule has 0 unspecified atom stereocenters. The highest BCUT2D eigenvalue weighted by molar-refractivity contribution is 6.01. The molecule has 0 saturated carbocycles. The summed E-state index contributed by atoms with van der Waals surface area (Å²) in [5.74, 6) is 0.157. The highest BCUT2D eigenvalue weighted by atomic mass is 16.5. The van der Waals surface area contributed by atoms with Crippen molar-refractivity contribution in [2.24, 2.45) is 0 Å².